The summed E-state index contributed by atoms with van der Waals surface area (Å²) >= 11 is 3.22. The molecule has 0 aliphatic heterocycles. The van der Waals surface area contributed by atoms with Gasteiger partial charge >= 0.3 is 5.97 Å². The van der Waals surface area contributed by atoms with Crippen LogP contribution < -0.4 is 11.5 Å². The number of ether oxygens (including phenoxy) is 1. The number of halogens is 1. The van der Waals surface area contributed by atoms with Crippen molar-refractivity contribution in [2.24, 2.45) is 11.7 Å². The molecule has 0 aliphatic carbocycles. The molecule has 0 fully saturated rings. The summed E-state index contributed by atoms with van der Waals surface area (Å²) in [5, 5.41) is 0. The van der Waals surface area contributed by atoms with Crippen LogP contribution in [0.25, 0.3) is 0 Å². The maximum Gasteiger partial charge on any atom is 0.339 e. The highest BCUT2D eigenvalue weighted by atomic mass is 79.9. The van der Waals surface area contributed by atoms with Crippen molar-refractivity contribution in [2.75, 3.05) is 12.3 Å². The van der Waals surface area contributed by atoms with Gasteiger partial charge in [-0.05, 0) is 34.1 Å². The third kappa shape index (κ3) is 3.74. The first-order valence-corrected chi connectivity index (χ1v) is 5.72. The topological polar surface area (TPSA) is 95.4 Å². The molecular weight excluding hydrogens is 288 g/mol. The van der Waals surface area contributed by atoms with E-state index in [0.717, 1.165) is 0 Å². The fourth-order valence-electron chi connectivity index (χ4n) is 1.06. The van der Waals surface area contributed by atoms with Gasteiger partial charge in [-0.2, -0.15) is 0 Å². The van der Waals surface area contributed by atoms with E-state index in [2.05, 4.69) is 15.9 Å². The fraction of sp³-hybridized carbons (Fsp3) is 0.273. The number of benzene rings is 1. The molecule has 0 bridgehead atoms. The first-order chi connectivity index (χ1) is 7.91. The number of nitrogens with two attached hydrogens (primary N) is 2. The van der Waals surface area contributed by atoms with Crippen molar-refractivity contribution in [1.29, 1.82) is 0 Å². The van der Waals surface area contributed by atoms with Crippen LogP contribution in [0.3, 0.4) is 0 Å². The van der Waals surface area contributed by atoms with E-state index in [1.807, 2.05) is 0 Å². The predicted molar refractivity (Wildman–Crippen MR) is 67.2 cm³/mol. The van der Waals surface area contributed by atoms with Gasteiger partial charge in [0.1, 0.15) is 6.61 Å². The van der Waals surface area contributed by atoms with Crippen LogP contribution in [0.15, 0.2) is 22.7 Å². The number of amides is 1. The highest BCUT2D eigenvalue weighted by molar-refractivity contribution is 9.10. The number of rotatable bonds is 4. The van der Waals surface area contributed by atoms with Crippen molar-refractivity contribution in [3.8, 4) is 0 Å². The third-order valence-corrected chi connectivity index (χ3v) is 2.85. The minimum atomic E-state index is -0.544. The normalized spacial score (nSPS) is 11.9. The summed E-state index contributed by atoms with van der Waals surface area (Å²) in [5.41, 5.74) is 11.4. The molecule has 0 aliphatic rings. The van der Waals surface area contributed by atoms with E-state index in [1.165, 1.54) is 6.07 Å². The van der Waals surface area contributed by atoms with Gasteiger partial charge in [0, 0.05) is 10.2 Å². The first kappa shape index (κ1) is 13.5. The van der Waals surface area contributed by atoms with Crippen molar-refractivity contribution in [1.82, 2.24) is 0 Å². The molecular formula is C11H13BrN2O3. The second-order valence-corrected chi connectivity index (χ2v) is 4.50. The summed E-state index contributed by atoms with van der Waals surface area (Å²) in [7, 11) is 0. The lowest BCUT2D eigenvalue weighted by atomic mass is 10.2. The molecule has 1 rings (SSSR count). The number of carbonyl (C=O) groups is 2. The Labute approximate surface area is 107 Å². The largest absolute Gasteiger partial charge is 0.461 e. The van der Waals surface area contributed by atoms with Gasteiger partial charge in [-0.3, -0.25) is 4.79 Å². The minimum Gasteiger partial charge on any atom is -0.461 e. The molecule has 0 radical (unpaired) electrons. The Morgan fingerprint density at radius 1 is 1.47 bits per heavy atom. The molecule has 1 atom stereocenters. The van der Waals surface area contributed by atoms with Crippen molar-refractivity contribution < 1.29 is 14.3 Å². The highest BCUT2D eigenvalue weighted by Gasteiger charge is 2.15. The molecule has 1 aromatic rings. The van der Waals surface area contributed by atoms with Gasteiger partial charge in [-0.15, -0.1) is 0 Å². The molecule has 17 heavy (non-hydrogen) atoms. The lowest BCUT2D eigenvalue weighted by Crippen LogP contribution is -2.26. The summed E-state index contributed by atoms with van der Waals surface area (Å²) < 4.78 is 5.55. The molecule has 92 valence electrons. The molecule has 0 spiro atoms. The van der Waals surface area contributed by atoms with Gasteiger partial charge in [0.05, 0.1) is 11.5 Å². The lowest BCUT2D eigenvalue weighted by Gasteiger charge is -2.09. The SMILES string of the molecule is CC(COC(=O)c1cc(N)ccc1Br)C(N)=O. The van der Waals surface area contributed by atoms with Gasteiger partial charge in [0.25, 0.3) is 0 Å². The smallest absolute Gasteiger partial charge is 0.339 e. The summed E-state index contributed by atoms with van der Waals surface area (Å²) in [6.07, 6.45) is 0. The molecule has 0 saturated heterocycles. The van der Waals surface area contributed by atoms with E-state index < -0.39 is 17.8 Å². The average Bonchev–Trinajstić information content (AvgIpc) is 2.28. The van der Waals surface area contributed by atoms with Crippen LogP contribution >= 0.6 is 15.9 Å². The number of hydrogen-bond acceptors (Lipinski definition) is 4. The van der Waals surface area contributed by atoms with E-state index in [1.54, 1.807) is 19.1 Å². The van der Waals surface area contributed by atoms with Crippen LogP contribution in [0.4, 0.5) is 5.69 Å². The molecule has 5 nitrogen and oxygen atoms in total. The molecule has 6 heteroatoms. The zero-order valence-corrected chi connectivity index (χ0v) is 10.9. The van der Waals surface area contributed by atoms with E-state index in [9.17, 15) is 9.59 Å². The highest BCUT2D eigenvalue weighted by Crippen LogP contribution is 2.20. The monoisotopic (exact) mass is 300 g/mol. The standard InChI is InChI=1S/C11H13BrN2O3/c1-6(10(14)15)5-17-11(16)8-4-7(13)2-3-9(8)12/h2-4,6H,5,13H2,1H3,(H2,14,15). The van der Waals surface area contributed by atoms with Crippen molar-refractivity contribution in [3.63, 3.8) is 0 Å². The minimum absolute atomic E-state index is 0.0462. The maximum atomic E-state index is 11.7. The lowest BCUT2D eigenvalue weighted by molar-refractivity contribution is -0.122. The number of hydrogen-bond donors (Lipinski definition) is 2. The summed E-state index contributed by atoms with van der Waals surface area (Å²) in [5.74, 6) is -1.57. The van der Waals surface area contributed by atoms with Gasteiger partial charge in [0.2, 0.25) is 5.91 Å². The summed E-state index contributed by atoms with van der Waals surface area (Å²) in [6, 6.07) is 4.82. The predicted octanol–water partition coefficient (Wildman–Crippen LogP) is 1.31. The Hall–Kier alpha value is -1.56. The van der Waals surface area contributed by atoms with Crippen LogP contribution in [0.5, 0.6) is 0 Å². The van der Waals surface area contributed by atoms with Crippen LogP contribution in [0, 0.1) is 5.92 Å². The Bertz CT molecular complexity index is 448. The second kappa shape index (κ2) is 5.67. The Balaban J connectivity index is 2.70. The zero-order valence-electron chi connectivity index (χ0n) is 9.27. The van der Waals surface area contributed by atoms with Crippen LogP contribution in [-0.4, -0.2) is 18.5 Å². The van der Waals surface area contributed by atoms with E-state index in [0.29, 0.717) is 15.7 Å². The number of carbonyl (C=O) groups excluding carboxylic acids is 2. The number of primary amides is 1. The van der Waals surface area contributed by atoms with Gasteiger partial charge < -0.3 is 16.2 Å². The number of anilines is 1. The Morgan fingerprint density at radius 3 is 2.71 bits per heavy atom. The second-order valence-electron chi connectivity index (χ2n) is 3.64. The van der Waals surface area contributed by atoms with Crippen molar-refractivity contribution in [2.45, 2.75) is 6.92 Å². The van der Waals surface area contributed by atoms with Crippen molar-refractivity contribution >= 4 is 33.5 Å². The molecule has 1 amide bonds. The zero-order chi connectivity index (χ0) is 13.0. The molecule has 4 N–H and O–H groups in total. The van der Waals surface area contributed by atoms with Gasteiger partial charge in [-0.1, -0.05) is 6.92 Å². The first-order valence-electron chi connectivity index (χ1n) is 4.93. The Morgan fingerprint density at radius 2 is 2.12 bits per heavy atom. The quantitative estimate of drug-likeness (QED) is 0.647. The fourth-order valence-corrected chi connectivity index (χ4v) is 1.47. The van der Waals surface area contributed by atoms with E-state index in [4.69, 9.17) is 16.2 Å². The summed E-state index contributed by atoms with van der Waals surface area (Å²) in [4.78, 5) is 22.5. The number of nitrogen functional groups attached to an aromatic ring is 1. The van der Waals surface area contributed by atoms with Crippen molar-refractivity contribution in [3.05, 3.63) is 28.2 Å². The molecule has 1 unspecified atom stereocenters. The molecule has 0 saturated carbocycles. The Kier molecular flexibility index (Phi) is 4.51. The number of esters is 1. The molecule has 0 aromatic heterocycles. The maximum absolute atomic E-state index is 11.7. The third-order valence-electron chi connectivity index (χ3n) is 2.16. The molecule has 0 heterocycles. The van der Waals surface area contributed by atoms with Crippen LogP contribution in [0.2, 0.25) is 0 Å². The van der Waals surface area contributed by atoms with E-state index in [-0.39, 0.29) is 6.61 Å². The van der Waals surface area contributed by atoms with Gasteiger partial charge in [-0.25, -0.2) is 4.79 Å². The van der Waals surface area contributed by atoms with Crippen LogP contribution in [-0.2, 0) is 9.53 Å². The average molecular weight is 301 g/mol. The summed E-state index contributed by atoms with van der Waals surface area (Å²) in [6.45, 7) is 1.54. The molecule has 1 aromatic carbocycles. The van der Waals surface area contributed by atoms with Crippen LogP contribution in [0.1, 0.15) is 17.3 Å². The van der Waals surface area contributed by atoms with Gasteiger partial charge in [0.15, 0.2) is 0 Å². The van der Waals surface area contributed by atoms with E-state index >= 15 is 0 Å².